The van der Waals surface area contributed by atoms with Crippen molar-refractivity contribution >= 4 is 17.4 Å². The standard InChI is InChI=1S/C31H34N2O5/c1-4-32(5-2)17-18-33-28(23-9-13-25(34)14-10-23)27(30(36)31(33)37)29(35)24-11-15-26(16-12-24)38-20-22-8-6-7-21(3)19-22/h6-16,19,28,34-35H,4-5,17-18,20H2,1-3H3/t28-/m1/s1. The van der Waals surface area contributed by atoms with Gasteiger partial charge < -0.3 is 24.7 Å². The molecule has 0 saturated carbocycles. The summed E-state index contributed by atoms with van der Waals surface area (Å²) in [6.07, 6.45) is 0. The molecule has 1 aliphatic rings. The van der Waals surface area contributed by atoms with Crippen LogP contribution in [-0.2, 0) is 16.2 Å². The molecule has 0 aromatic heterocycles. The Kier molecular flexibility index (Phi) is 8.48. The van der Waals surface area contributed by atoms with Crippen LogP contribution in [0.25, 0.3) is 5.76 Å². The highest BCUT2D eigenvalue weighted by Crippen LogP contribution is 2.39. The molecule has 1 aliphatic heterocycles. The number of Topliss-reactive ketones (excluding diaryl/α,β-unsaturated/α-hetero) is 1. The van der Waals surface area contributed by atoms with Crippen molar-refractivity contribution in [3.63, 3.8) is 0 Å². The second kappa shape index (κ2) is 12.0. The van der Waals surface area contributed by atoms with Crippen molar-refractivity contribution in [2.75, 3.05) is 26.2 Å². The molecule has 1 atom stereocenters. The van der Waals surface area contributed by atoms with E-state index in [1.807, 2.05) is 39.0 Å². The normalized spacial score (nSPS) is 16.8. The summed E-state index contributed by atoms with van der Waals surface area (Å²) in [5, 5.41) is 21.1. The van der Waals surface area contributed by atoms with E-state index in [-0.39, 0.29) is 17.1 Å². The summed E-state index contributed by atoms with van der Waals surface area (Å²) in [6.45, 7) is 9.10. The summed E-state index contributed by atoms with van der Waals surface area (Å²) in [6, 6.07) is 20.5. The zero-order chi connectivity index (χ0) is 27.2. The highest BCUT2D eigenvalue weighted by Gasteiger charge is 2.45. The topological polar surface area (TPSA) is 90.3 Å². The van der Waals surface area contributed by atoms with Crippen molar-refractivity contribution in [3.8, 4) is 11.5 Å². The largest absolute Gasteiger partial charge is 0.508 e. The number of benzene rings is 3. The molecule has 0 spiro atoms. The Hall–Kier alpha value is -4.10. The molecule has 1 saturated heterocycles. The maximum Gasteiger partial charge on any atom is 0.295 e. The van der Waals surface area contributed by atoms with Gasteiger partial charge >= 0.3 is 0 Å². The van der Waals surface area contributed by atoms with Crippen molar-refractivity contribution in [1.82, 2.24) is 9.80 Å². The minimum Gasteiger partial charge on any atom is -0.508 e. The van der Waals surface area contributed by atoms with E-state index in [4.69, 9.17) is 4.74 Å². The number of rotatable bonds is 10. The zero-order valence-corrected chi connectivity index (χ0v) is 22.1. The summed E-state index contributed by atoms with van der Waals surface area (Å²) in [5.74, 6) is -0.903. The fourth-order valence-electron chi connectivity index (χ4n) is 4.74. The third-order valence-corrected chi connectivity index (χ3v) is 6.92. The molecular weight excluding hydrogens is 480 g/mol. The van der Waals surface area contributed by atoms with E-state index >= 15 is 0 Å². The summed E-state index contributed by atoms with van der Waals surface area (Å²) in [7, 11) is 0. The second-order valence-electron chi connectivity index (χ2n) is 9.41. The van der Waals surface area contributed by atoms with Gasteiger partial charge in [-0.25, -0.2) is 0 Å². The highest BCUT2D eigenvalue weighted by atomic mass is 16.5. The predicted molar refractivity (Wildman–Crippen MR) is 147 cm³/mol. The fraction of sp³-hybridized carbons (Fsp3) is 0.290. The van der Waals surface area contributed by atoms with Gasteiger partial charge in [-0.15, -0.1) is 0 Å². The highest BCUT2D eigenvalue weighted by molar-refractivity contribution is 6.46. The smallest absolute Gasteiger partial charge is 0.295 e. The Morgan fingerprint density at radius 1 is 0.974 bits per heavy atom. The molecule has 3 aromatic carbocycles. The number of phenolic OH excluding ortho intramolecular Hbond substituents is 1. The number of ketones is 1. The van der Waals surface area contributed by atoms with Crippen molar-refractivity contribution < 1.29 is 24.5 Å². The number of likely N-dealkylation sites (tertiary alicyclic amines) is 1. The van der Waals surface area contributed by atoms with Crippen LogP contribution < -0.4 is 4.74 Å². The summed E-state index contributed by atoms with van der Waals surface area (Å²) < 4.78 is 5.88. The number of carbonyl (C=O) groups is 2. The first-order valence-corrected chi connectivity index (χ1v) is 12.9. The number of hydrogen-bond acceptors (Lipinski definition) is 6. The van der Waals surface area contributed by atoms with Crippen molar-refractivity contribution in [1.29, 1.82) is 0 Å². The lowest BCUT2D eigenvalue weighted by Gasteiger charge is -2.28. The van der Waals surface area contributed by atoms with Gasteiger partial charge in [-0.2, -0.15) is 0 Å². The predicted octanol–water partition coefficient (Wildman–Crippen LogP) is 5.04. The Balaban J connectivity index is 1.63. The van der Waals surface area contributed by atoms with Crippen LogP contribution in [0.3, 0.4) is 0 Å². The van der Waals surface area contributed by atoms with Gasteiger partial charge in [-0.05, 0) is 67.5 Å². The van der Waals surface area contributed by atoms with Gasteiger partial charge in [0.1, 0.15) is 23.9 Å². The average Bonchev–Trinajstić information content (AvgIpc) is 3.18. The van der Waals surface area contributed by atoms with Gasteiger partial charge in [0.2, 0.25) is 0 Å². The number of hydrogen-bond donors (Lipinski definition) is 2. The lowest BCUT2D eigenvalue weighted by atomic mass is 9.95. The van der Waals surface area contributed by atoms with Crippen LogP contribution in [0, 0.1) is 6.92 Å². The van der Waals surface area contributed by atoms with Gasteiger partial charge in [0.15, 0.2) is 0 Å². The van der Waals surface area contributed by atoms with E-state index in [0.29, 0.717) is 36.6 Å². The number of aliphatic hydroxyl groups excluding tert-OH is 1. The molecule has 0 radical (unpaired) electrons. The van der Waals surface area contributed by atoms with Gasteiger partial charge in [0.25, 0.3) is 11.7 Å². The number of aliphatic hydroxyl groups is 1. The Morgan fingerprint density at radius 2 is 1.66 bits per heavy atom. The second-order valence-corrected chi connectivity index (χ2v) is 9.41. The van der Waals surface area contributed by atoms with E-state index in [0.717, 1.165) is 24.2 Å². The molecule has 0 aliphatic carbocycles. The van der Waals surface area contributed by atoms with Gasteiger partial charge in [0.05, 0.1) is 11.6 Å². The number of aromatic hydroxyl groups is 1. The first kappa shape index (κ1) is 26.9. The average molecular weight is 515 g/mol. The monoisotopic (exact) mass is 514 g/mol. The number of phenols is 1. The lowest BCUT2D eigenvalue weighted by Crippen LogP contribution is -2.38. The van der Waals surface area contributed by atoms with Crippen LogP contribution >= 0.6 is 0 Å². The van der Waals surface area contributed by atoms with E-state index in [2.05, 4.69) is 11.0 Å². The van der Waals surface area contributed by atoms with Gasteiger partial charge in [0, 0.05) is 18.7 Å². The van der Waals surface area contributed by atoms with Crippen molar-refractivity contribution in [2.45, 2.75) is 33.4 Å². The Bertz CT molecular complexity index is 1310. The third-order valence-electron chi connectivity index (χ3n) is 6.92. The van der Waals surface area contributed by atoms with E-state index < -0.39 is 17.7 Å². The number of aryl methyl sites for hydroxylation is 1. The third kappa shape index (κ3) is 5.89. The minimum absolute atomic E-state index is 0.0358. The van der Waals surface area contributed by atoms with Crippen LogP contribution in [0.4, 0.5) is 0 Å². The molecule has 1 fully saturated rings. The molecule has 0 unspecified atom stereocenters. The van der Waals surface area contributed by atoms with E-state index in [9.17, 15) is 19.8 Å². The maximum absolute atomic E-state index is 13.2. The number of nitrogens with zero attached hydrogens (tertiary/aromatic N) is 2. The molecular formula is C31H34N2O5. The SMILES string of the molecule is CCN(CC)CCN1C(=O)C(=O)C(=C(O)c2ccc(OCc3cccc(C)c3)cc2)[C@H]1c1ccc(O)cc1. The fourth-order valence-corrected chi connectivity index (χ4v) is 4.74. The molecule has 198 valence electrons. The molecule has 38 heavy (non-hydrogen) atoms. The summed E-state index contributed by atoms with van der Waals surface area (Å²) >= 11 is 0. The molecule has 0 bridgehead atoms. The lowest BCUT2D eigenvalue weighted by molar-refractivity contribution is -0.140. The molecule has 1 amide bonds. The molecule has 7 nitrogen and oxygen atoms in total. The van der Waals surface area contributed by atoms with Crippen LogP contribution in [0.5, 0.6) is 11.5 Å². The van der Waals surface area contributed by atoms with E-state index in [1.165, 1.54) is 17.0 Å². The molecule has 3 aromatic rings. The van der Waals surface area contributed by atoms with Crippen molar-refractivity contribution in [2.24, 2.45) is 0 Å². The van der Waals surface area contributed by atoms with Crippen LogP contribution in [0.15, 0.2) is 78.4 Å². The maximum atomic E-state index is 13.2. The van der Waals surface area contributed by atoms with Gasteiger partial charge in [-0.1, -0.05) is 55.8 Å². The first-order valence-electron chi connectivity index (χ1n) is 12.9. The number of ether oxygens (including phenoxy) is 1. The number of likely N-dealkylation sites (N-methyl/N-ethyl adjacent to an activating group) is 1. The van der Waals surface area contributed by atoms with Crippen LogP contribution in [0.1, 0.15) is 42.1 Å². The van der Waals surface area contributed by atoms with E-state index in [1.54, 1.807) is 36.4 Å². The Morgan fingerprint density at radius 3 is 2.29 bits per heavy atom. The van der Waals surface area contributed by atoms with Crippen molar-refractivity contribution in [3.05, 3.63) is 101 Å². The Labute approximate surface area is 223 Å². The molecule has 7 heteroatoms. The van der Waals surface area contributed by atoms with Gasteiger partial charge in [-0.3, -0.25) is 9.59 Å². The summed E-state index contributed by atoms with van der Waals surface area (Å²) in [5.41, 5.74) is 3.30. The molecule has 2 N–H and O–H groups in total. The number of carbonyl (C=O) groups excluding carboxylic acids is 2. The summed E-state index contributed by atoms with van der Waals surface area (Å²) in [4.78, 5) is 30.0. The molecule has 1 heterocycles. The van der Waals surface area contributed by atoms with Crippen LogP contribution in [0.2, 0.25) is 0 Å². The minimum atomic E-state index is -0.761. The quantitative estimate of drug-likeness (QED) is 0.224. The molecule has 4 rings (SSSR count). The first-order chi connectivity index (χ1) is 18.3. The zero-order valence-electron chi connectivity index (χ0n) is 22.1. The van der Waals surface area contributed by atoms with Crippen LogP contribution in [-0.4, -0.2) is 57.9 Å². The number of amides is 1.